The van der Waals surface area contributed by atoms with Crippen molar-refractivity contribution in [2.45, 2.75) is 99.9 Å². The van der Waals surface area contributed by atoms with Crippen molar-refractivity contribution >= 4 is 0 Å². The number of hydrogen-bond donors (Lipinski definition) is 7. The molecule has 3 aliphatic rings. The van der Waals surface area contributed by atoms with Crippen LogP contribution in [0.5, 0.6) is 0 Å². The first kappa shape index (κ1) is 25.1. The van der Waals surface area contributed by atoms with Gasteiger partial charge in [0.15, 0.2) is 18.9 Å². The van der Waals surface area contributed by atoms with E-state index in [-0.39, 0.29) is 6.61 Å². The van der Waals surface area contributed by atoms with E-state index in [2.05, 4.69) is 0 Å². The highest BCUT2D eigenvalue weighted by atomic mass is 16.8. The molecule has 0 amide bonds. The van der Waals surface area contributed by atoms with Crippen molar-refractivity contribution in [1.82, 2.24) is 0 Å². The summed E-state index contributed by atoms with van der Waals surface area (Å²) in [6.45, 7) is 2.76. The second-order valence-electron chi connectivity index (χ2n) is 8.07. The lowest BCUT2D eigenvalue weighted by molar-refractivity contribution is -0.374. The van der Waals surface area contributed by atoms with Crippen LogP contribution >= 0.6 is 0 Å². The third kappa shape index (κ3) is 5.04. The topological polar surface area (TPSA) is 197 Å². The van der Waals surface area contributed by atoms with Gasteiger partial charge in [0.2, 0.25) is 0 Å². The third-order valence-electron chi connectivity index (χ3n) is 5.83. The molecule has 0 aromatic carbocycles. The molecule has 3 heterocycles. The summed E-state index contributed by atoms with van der Waals surface area (Å²) >= 11 is 0. The normalized spacial score (nSPS) is 54.0. The molecule has 0 aromatic rings. The van der Waals surface area contributed by atoms with Crippen LogP contribution in [-0.4, -0.2) is 135 Å². The summed E-state index contributed by atoms with van der Waals surface area (Å²) in [7, 11) is 1.32. The van der Waals surface area contributed by atoms with Crippen LogP contribution in [0.4, 0.5) is 0 Å². The van der Waals surface area contributed by atoms with E-state index in [0.717, 1.165) is 0 Å². The van der Waals surface area contributed by atoms with Crippen molar-refractivity contribution in [3.05, 3.63) is 0 Å². The Hall–Kier alpha value is -0.520. The highest BCUT2D eigenvalue weighted by Gasteiger charge is 2.51. The molecule has 0 aromatic heterocycles. The minimum absolute atomic E-state index is 0.298. The largest absolute Gasteiger partial charge is 0.388 e. The van der Waals surface area contributed by atoms with Gasteiger partial charge in [-0.3, -0.25) is 0 Å². The molecule has 0 saturated carbocycles. The Bertz CT molecular complexity index is 579. The van der Waals surface area contributed by atoms with Crippen LogP contribution in [0.3, 0.4) is 0 Å². The number of aliphatic hydroxyl groups excluding tert-OH is 7. The van der Waals surface area contributed by atoms with Crippen molar-refractivity contribution in [3.63, 3.8) is 0 Å². The van der Waals surface area contributed by atoms with Gasteiger partial charge in [-0.05, 0) is 13.8 Å². The number of hydrogen-bond acceptors (Lipinski definition) is 13. The smallest absolute Gasteiger partial charge is 0.187 e. The fourth-order valence-electron chi connectivity index (χ4n) is 3.85. The zero-order valence-corrected chi connectivity index (χ0v) is 17.4. The lowest BCUT2D eigenvalue weighted by Gasteiger charge is -2.47. The van der Waals surface area contributed by atoms with Crippen LogP contribution in [0.1, 0.15) is 13.8 Å². The summed E-state index contributed by atoms with van der Waals surface area (Å²) < 4.78 is 32.5. The van der Waals surface area contributed by atoms with Crippen LogP contribution in [0.25, 0.3) is 0 Å². The van der Waals surface area contributed by atoms with Crippen LogP contribution in [-0.2, 0) is 28.4 Å². The first-order valence-electron chi connectivity index (χ1n) is 10.1. The van der Waals surface area contributed by atoms with Gasteiger partial charge < -0.3 is 64.2 Å². The Morgan fingerprint density at radius 2 is 1.16 bits per heavy atom. The predicted octanol–water partition coefficient (Wildman–Crippen LogP) is -4.22. The molecule has 3 aliphatic heterocycles. The molecule has 14 atom stereocenters. The Morgan fingerprint density at radius 1 is 0.613 bits per heavy atom. The third-order valence-corrected chi connectivity index (χ3v) is 5.83. The molecule has 13 heteroatoms. The van der Waals surface area contributed by atoms with Crippen molar-refractivity contribution in [2.24, 2.45) is 0 Å². The molecule has 7 N–H and O–H groups in total. The quantitative estimate of drug-likeness (QED) is 0.210. The van der Waals surface area contributed by atoms with Gasteiger partial charge in [0.25, 0.3) is 0 Å². The van der Waals surface area contributed by atoms with Crippen molar-refractivity contribution in [3.8, 4) is 0 Å². The van der Waals surface area contributed by atoms with E-state index in [1.54, 1.807) is 6.92 Å². The first-order chi connectivity index (χ1) is 14.6. The maximum absolute atomic E-state index is 10.6. The van der Waals surface area contributed by atoms with E-state index >= 15 is 0 Å². The summed E-state index contributed by atoms with van der Waals surface area (Å²) in [5, 5.41) is 70.8. The highest BCUT2D eigenvalue weighted by Crippen LogP contribution is 2.31. The van der Waals surface area contributed by atoms with E-state index in [9.17, 15) is 35.7 Å². The molecular formula is C18H32O13. The Morgan fingerprint density at radius 3 is 1.81 bits per heavy atom. The second kappa shape index (κ2) is 10.2. The van der Waals surface area contributed by atoms with E-state index in [0.29, 0.717) is 0 Å². The van der Waals surface area contributed by atoms with Gasteiger partial charge >= 0.3 is 0 Å². The van der Waals surface area contributed by atoms with Gasteiger partial charge in [-0.1, -0.05) is 0 Å². The second-order valence-corrected chi connectivity index (χ2v) is 8.07. The average Bonchev–Trinajstić information content (AvgIpc) is 2.74. The molecule has 3 saturated heterocycles. The Labute approximate surface area is 178 Å². The molecule has 3 fully saturated rings. The van der Waals surface area contributed by atoms with E-state index in [1.807, 2.05) is 0 Å². The average molecular weight is 456 g/mol. The molecule has 182 valence electrons. The van der Waals surface area contributed by atoms with Crippen LogP contribution in [0, 0.1) is 0 Å². The van der Waals surface area contributed by atoms with Gasteiger partial charge in [0.1, 0.15) is 54.9 Å². The maximum Gasteiger partial charge on any atom is 0.187 e. The zero-order valence-electron chi connectivity index (χ0n) is 17.4. The lowest BCUT2D eigenvalue weighted by atomic mass is 9.97. The molecule has 0 spiro atoms. The molecule has 3 rings (SSSR count). The Kier molecular flexibility index (Phi) is 8.24. The van der Waals surface area contributed by atoms with E-state index < -0.39 is 86.0 Å². The zero-order chi connectivity index (χ0) is 23.0. The Balaban J connectivity index is 1.65. The minimum atomic E-state index is -1.65. The number of aliphatic hydroxyl groups is 7. The van der Waals surface area contributed by atoms with Crippen LogP contribution in [0.15, 0.2) is 0 Å². The van der Waals surface area contributed by atoms with Crippen LogP contribution in [0.2, 0.25) is 0 Å². The molecule has 0 bridgehead atoms. The van der Waals surface area contributed by atoms with Crippen molar-refractivity contribution < 1.29 is 64.2 Å². The van der Waals surface area contributed by atoms with Gasteiger partial charge in [-0.15, -0.1) is 0 Å². The van der Waals surface area contributed by atoms with Crippen LogP contribution < -0.4 is 0 Å². The first-order valence-corrected chi connectivity index (χ1v) is 10.1. The summed E-state index contributed by atoms with van der Waals surface area (Å²) in [6, 6.07) is 0. The standard InChI is InChI=1S/C18H32O13/c1-5-8(20)10(22)15(18(26-3)28-5)31-17-13(25)11(23)14(6(2)29-17)30-16-12(24)9(21)7(19)4-27-16/h5-25H,4H2,1-3H3/t5-,6+,7+,8-,9+,10+,11+,12-,13+,14-,15-,16-,17-,18-/m0/s1. The predicted molar refractivity (Wildman–Crippen MR) is 97.2 cm³/mol. The lowest BCUT2D eigenvalue weighted by Crippen LogP contribution is -2.64. The molecular weight excluding hydrogens is 424 g/mol. The SMILES string of the molecule is CO[C@H]1O[C@@H](C)[C@H](O)[C@@H](O)[C@@H]1O[C@@H]1O[C@H](C)[C@H](O[C@@H]2OC[C@@H](O)[C@@H](O)[C@@H]2O)[C@H](O)[C@H]1O. The van der Waals surface area contributed by atoms with Gasteiger partial charge in [0, 0.05) is 7.11 Å². The molecule has 0 aliphatic carbocycles. The maximum atomic E-state index is 10.6. The summed E-state index contributed by atoms with van der Waals surface area (Å²) in [5.74, 6) is 0. The van der Waals surface area contributed by atoms with E-state index in [4.69, 9.17) is 28.4 Å². The fourth-order valence-corrected chi connectivity index (χ4v) is 3.85. The minimum Gasteiger partial charge on any atom is -0.388 e. The molecule has 0 unspecified atom stereocenters. The number of methoxy groups -OCH3 is 1. The number of ether oxygens (including phenoxy) is 6. The number of rotatable bonds is 5. The van der Waals surface area contributed by atoms with Crippen molar-refractivity contribution in [1.29, 1.82) is 0 Å². The molecule has 0 radical (unpaired) electrons. The van der Waals surface area contributed by atoms with E-state index in [1.165, 1.54) is 14.0 Å². The monoisotopic (exact) mass is 456 g/mol. The molecule has 31 heavy (non-hydrogen) atoms. The fraction of sp³-hybridized carbons (Fsp3) is 1.00. The van der Waals surface area contributed by atoms with Gasteiger partial charge in [-0.25, -0.2) is 0 Å². The highest BCUT2D eigenvalue weighted by molar-refractivity contribution is 4.93. The summed E-state index contributed by atoms with van der Waals surface area (Å²) in [5.41, 5.74) is 0. The summed E-state index contributed by atoms with van der Waals surface area (Å²) in [4.78, 5) is 0. The van der Waals surface area contributed by atoms with Gasteiger partial charge in [0.05, 0.1) is 18.8 Å². The van der Waals surface area contributed by atoms with Gasteiger partial charge in [-0.2, -0.15) is 0 Å². The van der Waals surface area contributed by atoms with Crippen molar-refractivity contribution in [2.75, 3.05) is 13.7 Å². The summed E-state index contributed by atoms with van der Waals surface area (Å²) in [6.07, 6.45) is -18.2. The molecule has 13 nitrogen and oxygen atoms in total.